The van der Waals surface area contributed by atoms with Crippen molar-refractivity contribution in [1.82, 2.24) is 9.97 Å². The van der Waals surface area contributed by atoms with E-state index in [9.17, 15) is 9.59 Å². The van der Waals surface area contributed by atoms with Gasteiger partial charge in [0.1, 0.15) is 5.82 Å². The lowest BCUT2D eigenvalue weighted by molar-refractivity contribution is -0.118. The van der Waals surface area contributed by atoms with E-state index in [1.165, 1.54) is 6.92 Å². The lowest BCUT2D eigenvalue weighted by Gasteiger charge is -2.25. The maximum absolute atomic E-state index is 12.4. The van der Waals surface area contributed by atoms with Gasteiger partial charge in [-0.2, -0.15) is 4.98 Å². The van der Waals surface area contributed by atoms with Crippen molar-refractivity contribution in [3.63, 3.8) is 0 Å². The molecule has 7 nitrogen and oxygen atoms in total. The quantitative estimate of drug-likeness (QED) is 0.832. The molecular weight excluding hydrogens is 330 g/mol. The summed E-state index contributed by atoms with van der Waals surface area (Å²) in [5.74, 6) is 1.12. The number of rotatable bonds is 6. The van der Waals surface area contributed by atoms with E-state index in [0.29, 0.717) is 18.2 Å². The predicted molar refractivity (Wildman–Crippen MR) is 102 cm³/mol. The molecule has 2 N–H and O–H groups in total. The predicted octanol–water partition coefficient (Wildman–Crippen LogP) is 3.26. The molecule has 0 aliphatic carbocycles. The third kappa shape index (κ3) is 3.66. The summed E-state index contributed by atoms with van der Waals surface area (Å²) in [4.78, 5) is 34.2. The van der Waals surface area contributed by atoms with Crippen molar-refractivity contribution >= 4 is 35.0 Å². The Kier molecular flexibility index (Phi) is 5.16. The largest absolute Gasteiger partial charge is 0.326 e. The van der Waals surface area contributed by atoms with E-state index in [4.69, 9.17) is 0 Å². The number of hydrogen-bond acceptors (Lipinski definition) is 5. The first-order chi connectivity index (χ1) is 12.5. The molecule has 2 aromatic rings. The maximum Gasteiger partial charge on any atom is 0.233 e. The van der Waals surface area contributed by atoms with Crippen LogP contribution in [0.2, 0.25) is 0 Å². The highest BCUT2D eigenvalue weighted by Crippen LogP contribution is 2.31. The second-order valence-electron chi connectivity index (χ2n) is 6.34. The molecule has 1 aromatic carbocycles. The van der Waals surface area contributed by atoms with Gasteiger partial charge in [0.15, 0.2) is 0 Å². The molecule has 1 aliphatic rings. The number of carbonyl (C=O) groups is 2. The average Bonchev–Trinajstić information content (AvgIpc) is 2.93. The Morgan fingerprint density at radius 1 is 1.19 bits per heavy atom. The summed E-state index contributed by atoms with van der Waals surface area (Å²) >= 11 is 0. The van der Waals surface area contributed by atoms with E-state index in [0.717, 1.165) is 29.8 Å². The van der Waals surface area contributed by atoms with Crippen LogP contribution in [0.5, 0.6) is 0 Å². The summed E-state index contributed by atoms with van der Waals surface area (Å²) in [6.07, 6.45) is 3.85. The first-order valence-corrected chi connectivity index (χ1v) is 8.84. The van der Waals surface area contributed by atoms with E-state index < -0.39 is 0 Å². The molecule has 1 aromatic heterocycles. The van der Waals surface area contributed by atoms with Crippen LogP contribution in [0.3, 0.4) is 0 Å². The van der Waals surface area contributed by atoms with Gasteiger partial charge >= 0.3 is 0 Å². The smallest absolute Gasteiger partial charge is 0.233 e. The average molecular weight is 353 g/mol. The molecule has 2 amide bonds. The number of fused-ring (bicyclic) bond motifs is 1. The number of nitrogens with one attached hydrogen (secondary N) is 2. The zero-order valence-electron chi connectivity index (χ0n) is 15.2. The van der Waals surface area contributed by atoms with Gasteiger partial charge in [0.25, 0.3) is 0 Å². The Bertz CT molecular complexity index is 815. The number of benzene rings is 1. The van der Waals surface area contributed by atoms with Crippen LogP contribution < -0.4 is 15.5 Å². The molecule has 136 valence electrons. The van der Waals surface area contributed by atoms with E-state index >= 15 is 0 Å². The molecule has 0 atom stereocenters. The molecule has 26 heavy (non-hydrogen) atoms. The second-order valence-corrected chi connectivity index (χ2v) is 6.34. The number of carbonyl (C=O) groups excluding carboxylic acids is 2. The van der Waals surface area contributed by atoms with E-state index in [2.05, 4.69) is 34.4 Å². The third-order valence-electron chi connectivity index (χ3n) is 4.45. The van der Waals surface area contributed by atoms with Gasteiger partial charge in [-0.3, -0.25) is 14.5 Å². The lowest BCUT2D eigenvalue weighted by atomic mass is 10.1. The fourth-order valence-corrected chi connectivity index (χ4v) is 3.16. The van der Waals surface area contributed by atoms with Crippen LogP contribution >= 0.6 is 0 Å². The number of anilines is 4. The standard InChI is InChI=1S/C19H23N5O2/c1-4-16(5-2)24-17(26)10-13-11-20-19(23-18(13)24)22-15-8-6-14(7-9-15)21-12(3)25/h6-9,11,16H,4-5,10H2,1-3H3,(H,21,25)(H,20,22,23). The van der Waals surface area contributed by atoms with Crippen molar-refractivity contribution in [1.29, 1.82) is 0 Å². The normalized spacial score (nSPS) is 13.1. The van der Waals surface area contributed by atoms with Gasteiger partial charge in [-0.15, -0.1) is 0 Å². The Morgan fingerprint density at radius 3 is 2.46 bits per heavy atom. The molecule has 0 unspecified atom stereocenters. The summed E-state index contributed by atoms with van der Waals surface area (Å²) in [5, 5.41) is 5.88. The van der Waals surface area contributed by atoms with Crippen molar-refractivity contribution in [3.8, 4) is 0 Å². The molecule has 0 bridgehead atoms. The van der Waals surface area contributed by atoms with Gasteiger partial charge in [0, 0.05) is 36.1 Å². The SMILES string of the molecule is CCC(CC)N1C(=O)Cc2cnc(Nc3ccc(NC(C)=O)cc3)nc21. The molecule has 0 fully saturated rings. The topological polar surface area (TPSA) is 87.2 Å². The summed E-state index contributed by atoms with van der Waals surface area (Å²) in [5.41, 5.74) is 2.40. The lowest BCUT2D eigenvalue weighted by Crippen LogP contribution is -2.37. The van der Waals surface area contributed by atoms with Crippen molar-refractivity contribution in [2.24, 2.45) is 0 Å². The first-order valence-electron chi connectivity index (χ1n) is 8.84. The number of aromatic nitrogens is 2. The summed E-state index contributed by atoms with van der Waals surface area (Å²) in [6.45, 7) is 5.63. The highest BCUT2D eigenvalue weighted by molar-refractivity contribution is 6.00. The van der Waals surface area contributed by atoms with E-state index in [1.54, 1.807) is 18.3 Å². The third-order valence-corrected chi connectivity index (χ3v) is 4.45. The van der Waals surface area contributed by atoms with Gasteiger partial charge < -0.3 is 10.6 Å². The first kappa shape index (κ1) is 17.8. The van der Waals surface area contributed by atoms with Crippen molar-refractivity contribution in [2.75, 3.05) is 15.5 Å². The summed E-state index contributed by atoms with van der Waals surface area (Å²) in [7, 11) is 0. The zero-order valence-corrected chi connectivity index (χ0v) is 15.2. The second kappa shape index (κ2) is 7.51. The number of hydrogen-bond donors (Lipinski definition) is 2. The van der Waals surface area contributed by atoms with Gasteiger partial charge in [0.05, 0.1) is 6.42 Å². The minimum absolute atomic E-state index is 0.0832. The molecule has 7 heteroatoms. The van der Waals surface area contributed by atoms with Crippen molar-refractivity contribution in [3.05, 3.63) is 36.0 Å². The van der Waals surface area contributed by atoms with Gasteiger partial charge in [-0.25, -0.2) is 4.98 Å². The molecule has 2 heterocycles. The van der Waals surface area contributed by atoms with Crippen LogP contribution in [-0.4, -0.2) is 27.8 Å². The van der Waals surface area contributed by atoms with Crippen molar-refractivity contribution in [2.45, 2.75) is 46.1 Å². The fourth-order valence-electron chi connectivity index (χ4n) is 3.16. The molecular formula is C19H23N5O2. The van der Waals surface area contributed by atoms with Crippen molar-refractivity contribution < 1.29 is 9.59 Å². The molecule has 0 saturated carbocycles. The highest BCUT2D eigenvalue weighted by atomic mass is 16.2. The zero-order chi connectivity index (χ0) is 18.7. The van der Waals surface area contributed by atoms with E-state index in [1.807, 2.05) is 17.0 Å². The summed E-state index contributed by atoms with van der Waals surface area (Å²) in [6, 6.07) is 7.44. The minimum Gasteiger partial charge on any atom is -0.326 e. The van der Waals surface area contributed by atoms with Crippen LogP contribution in [0.25, 0.3) is 0 Å². The van der Waals surface area contributed by atoms with Crippen LogP contribution in [0.4, 0.5) is 23.1 Å². The molecule has 0 spiro atoms. The van der Waals surface area contributed by atoms with Crippen LogP contribution in [0, 0.1) is 0 Å². The monoisotopic (exact) mass is 353 g/mol. The Balaban J connectivity index is 1.81. The van der Waals surface area contributed by atoms with Crippen LogP contribution in [-0.2, 0) is 16.0 Å². The van der Waals surface area contributed by atoms with Crippen LogP contribution in [0.1, 0.15) is 39.2 Å². The minimum atomic E-state index is -0.112. The molecule has 3 rings (SSSR count). The Morgan fingerprint density at radius 2 is 1.85 bits per heavy atom. The molecule has 1 aliphatic heterocycles. The highest BCUT2D eigenvalue weighted by Gasteiger charge is 2.33. The van der Waals surface area contributed by atoms with Gasteiger partial charge in [-0.05, 0) is 37.1 Å². The van der Waals surface area contributed by atoms with Crippen LogP contribution in [0.15, 0.2) is 30.5 Å². The number of amides is 2. The number of nitrogens with zero attached hydrogens (tertiary/aromatic N) is 3. The van der Waals surface area contributed by atoms with E-state index in [-0.39, 0.29) is 17.9 Å². The van der Waals surface area contributed by atoms with Gasteiger partial charge in [-0.1, -0.05) is 13.8 Å². The maximum atomic E-state index is 12.4. The molecule has 0 radical (unpaired) electrons. The molecule has 0 saturated heterocycles. The Labute approximate surface area is 152 Å². The Hall–Kier alpha value is -2.96. The summed E-state index contributed by atoms with van der Waals surface area (Å²) < 4.78 is 0. The fraction of sp³-hybridized carbons (Fsp3) is 0.368. The van der Waals surface area contributed by atoms with Gasteiger partial charge in [0.2, 0.25) is 17.8 Å².